The molecule has 0 saturated heterocycles. The Morgan fingerprint density at radius 3 is 2.11 bits per heavy atom. The van der Waals surface area contributed by atoms with Crippen molar-refractivity contribution >= 4 is 0 Å². The standard InChI is InChI=1S/C17H27N/c1-15(2)13-8-7-12(9-10-18)11-14(13)16(3,4)17(15,5)6/h7-8,11H,9-10,18H2,1-6H3/i7D,8D,11D. The Kier molecular flexibility index (Phi) is 2.14. The van der Waals surface area contributed by atoms with Crippen LogP contribution in [0.5, 0.6) is 0 Å². The summed E-state index contributed by atoms with van der Waals surface area (Å²) in [4.78, 5) is 0. The van der Waals surface area contributed by atoms with Gasteiger partial charge in [-0.3, -0.25) is 0 Å². The summed E-state index contributed by atoms with van der Waals surface area (Å²) in [7, 11) is 0. The zero-order valence-electron chi connectivity index (χ0n) is 15.5. The summed E-state index contributed by atoms with van der Waals surface area (Å²) in [6.07, 6.45) is 0.494. The van der Waals surface area contributed by atoms with Crippen LogP contribution in [-0.4, -0.2) is 6.54 Å². The molecule has 1 aromatic carbocycles. The fourth-order valence-corrected chi connectivity index (χ4v) is 3.06. The van der Waals surface area contributed by atoms with Crippen LogP contribution in [0.15, 0.2) is 18.1 Å². The second-order valence-corrected chi connectivity index (χ2v) is 7.02. The summed E-state index contributed by atoms with van der Waals surface area (Å²) in [5.74, 6) is 0. The molecule has 100 valence electrons. The third kappa shape index (κ3) is 1.50. The molecule has 0 saturated carbocycles. The maximum atomic E-state index is 8.62. The fraction of sp³-hybridized carbons (Fsp3) is 0.647. The first-order valence-electron chi connectivity index (χ1n) is 8.26. The molecule has 18 heavy (non-hydrogen) atoms. The lowest BCUT2D eigenvalue weighted by atomic mass is 9.59. The molecular formula is C17H27N. The Bertz CT molecular complexity index is 601. The first kappa shape index (κ1) is 10.0. The highest BCUT2D eigenvalue weighted by Gasteiger charge is 2.56. The van der Waals surface area contributed by atoms with E-state index in [2.05, 4.69) is 41.5 Å². The minimum Gasteiger partial charge on any atom is -0.330 e. The van der Waals surface area contributed by atoms with E-state index < -0.39 is 0 Å². The number of hydrogen-bond donors (Lipinski definition) is 1. The molecule has 0 aliphatic heterocycles. The Morgan fingerprint density at radius 1 is 1.00 bits per heavy atom. The normalized spacial score (nSPS) is 25.2. The third-order valence-electron chi connectivity index (χ3n) is 5.63. The Labute approximate surface area is 116 Å². The summed E-state index contributed by atoms with van der Waals surface area (Å²) >= 11 is 0. The molecule has 1 aliphatic rings. The smallest absolute Gasteiger partial charge is 0.0629 e. The predicted molar refractivity (Wildman–Crippen MR) is 79.0 cm³/mol. The first-order chi connectivity index (χ1) is 9.42. The molecule has 0 amide bonds. The molecule has 0 atom stereocenters. The van der Waals surface area contributed by atoms with E-state index in [0.29, 0.717) is 24.6 Å². The molecule has 0 bridgehead atoms. The number of fused-ring (bicyclic) bond motifs is 1. The summed E-state index contributed by atoms with van der Waals surface area (Å²) in [6.45, 7) is 13.4. The molecule has 0 unspecified atom stereocenters. The third-order valence-corrected chi connectivity index (χ3v) is 5.63. The zero-order valence-corrected chi connectivity index (χ0v) is 12.5. The van der Waals surface area contributed by atoms with Crippen LogP contribution < -0.4 is 5.73 Å². The van der Waals surface area contributed by atoms with Crippen molar-refractivity contribution in [3.63, 3.8) is 0 Å². The zero-order chi connectivity index (χ0) is 16.4. The van der Waals surface area contributed by atoms with Crippen LogP contribution in [0.2, 0.25) is 0 Å². The molecule has 1 nitrogen and oxygen atoms in total. The molecule has 2 rings (SSSR count). The van der Waals surface area contributed by atoms with Crippen molar-refractivity contribution in [2.75, 3.05) is 6.54 Å². The molecule has 0 heterocycles. The van der Waals surface area contributed by atoms with Crippen LogP contribution in [0.3, 0.4) is 0 Å². The fourth-order valence-electron chi connectivity index (χ4n) is 3.06. The van der Waals surface area contributed by atoms with Crippen molar-refractivity contribution in [1.29, 1.82) is 0 Å². The van der Waals surface area contributed by atoms with Gasteiger partial charge in [0.15, 0.2) is 0 Å². The molecule has 2 N–H and O–H groups in total. The van der Waals surface area contributed by atoms with Crippen molar-refractivity contribution in [3.05, 3.63) is 34.8 Å². The summed E-state index contributed by atoms with van der Waals surface area (Å²) in [5, 5.41) is 0. The van der Waals surface area contributed by atoms with Gasteiger partial charge in [-0.1, -0.05) is 59.7 Å². The minimum absolute atomic E-state index is 0.0955. The van der Waals surface area contributed by atoms with E-state index in [9.17, 15) is 0 Å². The van der Waals surface area contributed by atoms with Crippen molar-refractivity contribution in [1.82, 2.24) is 0 Å². The van der Waals surface area contributed by atoms with Gasteiger partial charge < -0.3 is 5.73 Å². The van der Waals surface area contributed by atoms with Crippen LogP contribution in [-0.2, 0) is 17.3 Å². The molecule has 0 radical (unpaired) electrons. The number of rotatable bonds is 2. The Morgan fingerprint density at radius 2 is 1.56 bits per heavy atom. The molecular weight excluding hydrogens is 218 g/mol. The second-order valence-electron chi connectivity index (χ2n) is 7.02. The predicted octanol–water partition coefficient (Wildman–Crippen LogP) is 3.78. The average molecular weight is 248 g/mol. The van der Waals surface area contributed by atoms with Gasteiger partial charge >= 0.3 is 0 Å². The maximum absolute atomic E-state index is 8.62. The molecule has 0 spiro atoms. The SMILES string of the molecule is [2H]c1c([2H])c2c(c([2H])c1CCN)C(C)(C)C(C)(C)C2(C)C. The van der Waals surface area contributed by atoms with Crippen molar-refractivity contribution in [2.24, 2.45) is 11.1 Å². The highest BCUT2D eigenvalue weighted by Crippen LogP contribution is 2.61. The van der Waals surface area contributed by atoms with E-state index in [1.54, 1.807) is 0 Å². The highest BCUT2D eigenvalue weighted by molar-refractivity contribution is 5.50. The summed E-state index contributed by atoms with van der Waals surface area (Å²) < 4.78 is 25.4. The van der Waals surface area contributed by atoms with E-state index in [0.717, 1.165) is 11.1 Å². The van der Waals surface area contributed by atoms with E-state index in [1.165, 1.54) is 0 Å². The van der Waals surface area contributed by atoms with Gasteiger partial charge in [0.25, 0.3) is 0 Å². The lowest BCUT2D eigenvalue weighted by Crippen LogP contribution is -2.42. The molecule has 0 aromatic heterocycles. The molecule has 0 fully saturated rings. The van der Waals surface area contributed by atoms with Crippen molar-refractivity contribution in [3.8, 4) is 0 Å². The highest BCUT2D eigenvalue weighted by atomic mass is 14.6. The molecule has 1 heteroatoms. The van der Waals surface area contributed by atoms with Gasteiger partial charge in [0.05, 0.1) is 4.11 Å². The van der Waals surface area contributed by atoms with Gasteiger partial charge in [0.1, 0.15) is 0 Å². The lowest BCUT2D eigenvalue weighted by molar-refractivity contribution is 0.125. The van der Waals surface area contributed by atoms with Crippen LogP contribution in [0.1, 0.15) is 62.3 Å². The summed E-state index contributed by atoms with van der Waals surface area (Å²) in [5.41, 5.74) is 7.55. The quantitative estimate of drug-likeness (QED) is 0.847. The number of hydrogen-bond acceptors (Lipinski definition) is 1. The molecule has 1 aliphatic carbocycles. The van der Waals surface area contributed by atoms with Gasteiger partial charge in [-0.25, -0.2) is 0 Å². The lowest BCUT2D eigenvalue weighted by Gasteiger charge is -2.44. The largest absolute Gasteiger partial charge is 0.330 e. The summed E-state index contributed by atoms with van der Waals surface area (Å²) in [6, 6.07) is 0.902. The topological polar surface area (TPSA) is 26.0 Å². The van der Waals surface area contributed by atoms with Gasteiger partial charge in [-0.2, -0.15) is 0 Å². The molecule has 1 aromatic rings. The maximum Gasteiger partial charge on any atom is 0.0629 e. The van der Waals surface area contributed by atoms with Gasteiger partial charge in [0.2, 0.25) is 0 Å². The Balaban J connectivity index is 2.95. The van der Waals surface area contributed by atoms with Crippen LogP contribution in [0.4, 0.5) is 0 Å². The Hall–Kier alpha value is -0.820. The van der Waals surface area contributed by atoms with Crippen LogP contribution >= 0.6 is 0 Å². The van der Waals surface area contributed by atoms with E-state index in [4.69, 9.17) is 9.85 Å². The van der Waals surface area contributed by atoms with Crippen molar-refractivity contribution < 1.29 is 4.11 Å². The van der Waals surface area contributed by atoms with E-state index in [-0.39, 0.29) is 28.3 Å². The number of benzene rings is 1. The minimum atomic E-state index is -0.240. The first-order valence-corrected chi connectivity index (χ1v) is 6.76. The van der Waals surface area contributed by atoms with E-state index >= 15 is 0 Å². The van der Waals surface area contributed by atoms with E-state index in [1.807, 2.05) is 0 Å². The van der Waals surface area contributed by atoms with Crippen LogP contribution in [0, 0.1) is 5.41 Å². The van der Waals surface area contributed by atoms with Gasteiger partial charge in [0, 0.05) is 0 Å². The monoisotopic (exact) mass is 248 g/mol. The number of nitrogens with two attached hydrogens (primary N) is 1. The van der Waals surface area contributed by atoms with Gasteiger partial charge in [-0.05, 0) is 45.9 Å². The van der Waals surface area contributed by atoms with Crippen LogP contribution in [0.25, 0.3) is 0 Å². The van der Waals surface area contributed by atoms with Crippen molar-refractivity contribution in [2.45, 2.75) is 58.8 Å². The van der Waals surface area contributed by atoms with Gasteiger partial charge in [-0.15, -0.1) is 0 Å². The second kappa shape index (κ2) is 3.84. The average Bonchev–Trinajstić information content (AvgIpc) is 2.47.